The molecule has 0 aliphatic rings. The molecule has 0 aliphatic carbocycles. The number of hydroxylamine groups is 1. The van der Waals surface area contributed by atoms with Gasteiger partial charge < -0.3 is 9.72 Å². The number of hydrogen-bond acceptors (Lipinski definition) is 4. The number of nitrogens with one attached hydrogen (secondary N) is 2. The second-order valence-corrected chi connectivity index (χ2v) is 7.56. The normalized spacial score (nSPS) is 11.1. The lowest BCUT2D eigenvalue weighted by atomic mass is 9.99. The highest BCUT2D eigenvalue weighted by Gasteiger charge is 2.09. The highest BCUT2D eigenvalue weighted by Crippen LogP contribution is 2.25. The van der Waals surface area contributed by atoms with E-state index in [-0.39, 0.29) is 0 Å². The van der Waals surface area contributed by atoms with E-state index in [1.54, 1.807) is 23.8 Å². The molecule has 0 radical (unpaired) electrons. The third kappa shape index (κ3) is 4.04. The summed E-state index contributed by atoms with van der Waals surface area (Å²) in [5.41, 5.74) is 8.49. The van der Waals surface area contributed by atoms with Gasteiger partial charge in [0.2, 0.25) is 0 Å². The zero-order chi connectivity index (χ0) is 21.1. The van der Waals surface area contributed by atoms with E-state index in [0.717, 1.165) is 28.0 Å². The molecular formula is C24H24N4O2. The number of anilines is 1. The summed E-state index contributed by atoms with van der Waals surface area (Å²) in [6.45, 7) is 4.97. The molecule has 0 spiro atoms. The summed E-state index contributed by atoms with van der Waals surface area (Å²) in [6.07, 6.45) is 5.85. The molecule has 6 nitrogen and oxygen atoms in total. The van der Waals surface area contributed by atoms with Crippen molar-refractivity contribution in [3.8, 4) is 11.1 Å². The van der Waals surface area contributed by atoms with Crippen LogP contribution in [0.1, 0.15) is 41.3 Å². The van der Waals surface area contributed by atoms with Gasteiger partial charge in [0.05, 0.1) is 0 Å². The summed E-state index contributed by atoms with van der Waals surface area (Å²) in [4.78, 5) is 16.0. The van der Waals surface area contributed by atoms with Crippen LogP contribution in [0.4, 0.5) is 5.69 Å². The van der Waals surface area contributed by atoms with Gasteiger partial charge in [0, 0.05) is 41.9 Å². The molecule has 0 unspecified atom stereocenters. The van der Waals surface area contributed by atoms with Crippen molar-refractivity contribution in [3.63, 3.8) is 0 Å². The molecule has 2 aromatic carbocycles. The molecule has 6 heteroatoms. The number of aromatic nitrogens is 2. The molecule has 152 valence electrons. The van der Waals surface area contributed by atoms with Crippen LogP contribution in [0.15, 0.2) is 73.2 Å². The minimum absolute atomic E-state index is 0.394. The molecule has 2 aromatic heterocycles. The zero-order valence-corrected chi connectivity index (χ0v) is 17.0. The predicted octanol–water partition coefficient (Wildman–Crippen LogP) is 4.86. The Morgan fingerprint density at radius 1 is 1.07 bits per heavy atom. The van der Waals surface area contributed by atoms with Gasteiger partial charge in [-0.15, -0.1) is 0 Å². The maximum absolute atomic E-state index is 11.5. The summed E-state index contributed by atoms with van der Waals surface area (Å²) in [6, 6.07) is 17.8. The highest BCUT2D eigenvalue weighted by molar-refractivity contribution is 5.93. The number of imidazole rings is 1. The van der Waals surface area contributed by atoms with E-state index in [0.29, 0.717) is 18.0 Å². The van der Waals surface area contributed by atoms with Crippen LogP contribution in [0.25, 0.3) is 16.8 Å². The molecule has 0 aliphatic heterocycles. The number of carbonyl (C=O) groups excluding carboxylic acids is 1. The fraction of sp³-hybridized carbons (Fsp3) is 0.167. The lowest BCUT2D eigenvalue weighted by molar-refractivity contribution is 0.0706. The quantitative estimate of drug-likeness (QED) is 0.319. The van der Waals surface area contributed by atoms with Gasteiger partial charge in [-0.25, -0.2) is 10.5 Å². The van der Waals surface area contributed by atoms with Crippen LogP contribution in [0.5, 0.6) is 0 Å². The number of carbonyl (C=O) groups is 1. The Balaban J connectivity index is 1.59. The minimum Gasteiger partial charge on any atom is -0.381 e. The molecule has 4 aromatic rings. The van der Waals surface area contributed by atoms with Crippen molar-refractivity contribution in [1.82, 2.24) is 14.9 Å². The van der Waals surface area contributed by atoms with Crippen LogP contribution in [0.2, 0.25) is 0 Å². The molecule has 0 fully saturated rings. The van der Waals surface area contributed by atoms with Gasteiger partial charge in [-0.2, -0.15) is 0 Å². The predicted molar refractivity (Wildman–Crippen MR) is 118 cm³/mol. The third-order valence-electron chi connectivity index (χ3n) is 5.21. The largest absolute Gasteiger partial charge is 0.381 e. The van der Waals surface area contributed by atoms with Crippen LogP contribution in [-0.4, -0.2) is 20.5 Å². The Kier molecular flexibility index (Phi) is 5.50. The van der Waals surface area contributed by atoms with Gasteiger partial charge in [0.15, 0.2) is 0 Å². The third-order valence-corrected chi connectivity index (χ3v) is 5.21. The number of fused-ring (bicyclic) bond motifs is 1. The van der Waals surface area contributed by atoms with Crippen molar-refractivity contribution < 1.29 is 10.0 Å². The van der Waals surface area contributed by atoms with E-state index in [2.05, 4.69) is 60.7 Å². The SMILES string of the molecule is CC(C)c1ccc(-c2cc(CNc3ccc(C(=O)NO)cc3)c3nccn3c2)cc1. The van der Waals surface area contributed by atoms with E-state index in [1.165, 1.54) is 5.56 Å². The molecule has 30 heavy (non-hydrogen) atoms. The Morgan fingerprint density at radius 3 is 2.47 bits per heavy atom. The maximum atomic E-state index is 11.5. The van der Waals surface area contributed by atoms with Crippen LogP contribution in [-0.2, 0) is 6.54 Å². The van der Waals surface area contributed by atoms with E-state index >= 15 is 0 Å². The Hall–Kier alpha value is -3.64. The average molecular weight is 400 g/mol. The number of nitrogens with zero attached hydrogens (tertiary/aromatic N) is 2. The second kappa shape index (κ2) is 8.39. The lowest BCUT2D eigenvalue weighted by Gasteiger charge is -2.12. The van der Waals surface area contributed by atoms with Gasteiger partial charge in [-0.1, -0.05) is 38.1 Å². The van der Waals surface area contributed by atoms with Gasteiger partial charge in [-0.3, -0.25) is 10.0 Å². The average Bonchev–Trinajstić information content (AvgIpc) is 3.26. The van der Waals surface area contributed by atoms with Crippen molar-refractivity contribution in [3.05, 3.63) is 89.9 Å². The first-order valence-electron chi connectivity index (χ1n) is 9.89. The molecule has 0 atom stereocenters. The molecule has 2 heterocycles. The monoisotopic (exact) mass is 400 g/mol. The van der Waals surface area contributed by atoms with Crippen LogP contribution in [0, 0.1) is 0 Å². The summed E-state index contributed by atoms with van der Waals surface area (Å²) < 4.78 is 2.04. The molecule has 0 bridgehead atoms. The maximum Gasteiger partial charge on any atom is 0.274 e. The highest BCUT2D eigenvalue weighted by atomic mass is 16.5. The second-order valence-electron chi connectivity index (χ2n) is 7.56. The Morgan fingerprint density at radius 2 is 1.80 bits per heavy atom. The lowest BCUT2D eigenvalue weighted by Crippen LogP contribution is -2.18. The molecule has 3 N–H and O–H groups in total. The van der Waals surface area contributed by atoms with Crippen molar-refractivity contribution in [2.45, 2.75) is 26.3 Å². The van der Waals surface area contributed by atoms with E-state index in [9.17, 15) is 4.79 Å². The number of benzene rings is 2. The topological polar surface area (TPSA) is 78.7 Å². The number of amides is 1. The van der Waals surface area contributed by atoms with Crippen molar-refractivity contribution in [2.75, 3.05) is 5.32 Å². The first-order valence-corrected chi connectivity index (χ1v) is 9.89. The Labute approximate surface area is 175 Å². The summed E-state index contributed by atoms with van der Waals surface area (Å²) in [7, 11) is 0. The summed E-state index contributed by atoms with van der Waals surface area (Å²) >= 11 is 0. The summed E-state index contributed by atoms with van der Waals surface area (Å²) in [5, 5.41) is 12.1. The fourth-order valence-electron chi connectivity index (χ4n) is 3.46. The van der Waals surface area contributed by atoms with Gasteiger partial charge in [0.25, 0.3) is 5.91 Å². The molecule has 0 saturated heterocycles. The van der Waals surface area contributed by atoms with Crippen molar-refractivity contribution in [1.29, 1.82) is 0 Å². The summed E-state index contributed by atoms with van der Waals surface area (Å²) in [5.74, 6) is -0.0263. The van der Waals surface area contributed by atoms with Crippen LogP contribution < -0.4 is 10.8 Å². The standard InChI is InChI=1S/C24H24N4O2/c1-16(2)17-3-5-18(6-4-17)21-13-20(23-25-11-12-28(23)15-21)14-26-22-9-7-19(8-10-22)24(29)27-30/h3-13,15-16,26,30H,14H2,1-2H3,(H,27,29). The van der Waals surface area contributed by atoms with E-state index < -0.39 is 5.91 Å². The number of pyridine rings is 1. The molecular weight excluding hydrogens is 376 g/mol. The zero-order valence-electron chi connectivity index (χ0n) is 17.0. The number of hydrogen-bond donors (Lipinski definition) is 3. The molecule has 0 saturated carbocycles. The van der Waals surface area contributed by atoms with Crippen LogP contribution in [0.3, 0.4) is 0 Å². The van der Waals surface area contributed by atoms with Crippen molar-refractivity contribution in [2.24, 2.45) is 0 Å². The Bertz CT molecular complexity index is 1160. The van der Waals surface area contributed by atoms with Gasteiger partial charge in [0.1, 0.15) is 5.65 Å². The first kappa shape index (κ1) is 19.7. The first-order chi connectivity index (χ1) is 14.5. The molecule has 4 rings (SSSR count). The smallest absolute Gasteiger partial charge is 0.274 e. The number of rotatable bonds is 6. The fourth-order valence-corrected chi connectivity index (χ4v) is 3.46. The molecule has 1 amide bonds. The van der Waals surface area contributed by atoms with Gasteiger partial charge >= 0.3 is 0 Å². The van der Waals surface area contributed by atoms with Crippen LogP contribution >= 0.6 is 0 Å². The van der Waals surface area contributed by atoms with E-state index in [4.69, 9.17) is 5.21 Å². The van der Waals surface area contributed by atoms with Gasteiger partial charge in [-0.05, 0) is 52.9 Å². The van der Waals surface area contributed by atoms with E-state index in [1.807, 2.05) is 22.7 Å². The minimum atomic E-state index is -0.531. The van der Waals surface area contributed by atoms with Crippen molar-refractivity contribution >= 4 is 17.2 Å².